The monoisotopic (exact) mass is 208 g/mol. The number of carbonyl (C=O) groups excluding carboxylic acids is 1. The van der Waals surface area contributed by atoms with Gasteiger partial charge in [-0.15, -0.1) is 0 Å². The lowest BCUT2D eigenvalue weighted by Gasteiger charge is -2.04. The molecule has 0 aliphatic carbocycles. The number of carbonyl (C=O) groups is 2. The molecule has 5 nitrogen and oxygen atoms in total. The normalized spacial score (nSPS) is 9.67. The molecule has 0 saturated carbocycles. The summed E-state index contributed by atoms with van der Waals surface area (Å²) in [4.78, 5) is 25.7. The number of carboxylic acids is 1. The van der Waals surface area contributed by atoms with Crippen LogP contribution in [0.25, 0.3) is 0 Å². The van der Waals surface area contributed by atoms with Crippen molar-refractivity contribution in [2.24, 2.45) is 0 Å². The van der Waals surface area contributed by atoms with Gasteiger partial charge in [-0.2, -0.15) is 0 Å². The van der Waals surface area contributed by atoms with Gasteiger partial charge in [-0.05, 0) is 19.1 Å². The number of hydrogen-bond donors (Lipinski definition) is 2. The van der Waals surface area contributed by atoms with Crippen LogP contribution >= 0.6 is 0 Å². The first-order chi connectivity index (χ1) is 7.11. The van der Waals surface area contributed by atoms with Crippen molar-refractivity contribution in [3.05, 3.63) is 29.6 Å². The molecule has 0 aliphatic rings. The van der Waals surface area contributed by atoms with E-state index in [4.69, 9.17) is 5.11 Å². The Morgan fingerprint density at radius 1 is 1.53 bits per heavy atom. The number of nitrogens with one attached hydrogen (secondary N) is 1. The number of amides is 1. The summed E-state index contributed by atoms with van der Waals surface area (Å²) in [7, 11) is 0. The fourth-order valence-corrected chi connectivity index (χ4v) is 1.10. The number of rotatable bonds is 4. The molecule has 0 unspecified atom stereocenters. The molecule has 5 heteroatoms. The van der Waals surface area contributed by atoms with E-state index in [1.54, 1.807) is 25.3 Å². The van der Waals surface area contributed by atoms with Crippen molar-refractivity contribution in [2.75, 3.05) is 6.54 Å². The maximum Gasteiger partial charge on any atom is 0.305 e. The highest BCUT2D eigenvalue weighted by molar-refractivity contribution is 5.95. The zero-order valence-electron chi connectivity index (χ0n) is 8.36. The van der Waals surface area contributed by atoms with Crippen LogP contribution in [0.2, 0.25) is 0 Å². The summed E-state index contributed by atoms with van der Waals surface area (Å²) in [6.07, 6.45) is 1.52. The average molecular weight is 208 g/mol. The van der Waals surface area contributed by atoms with E-state index in [0.717, 1.165) is 0 Å². The number of carboxylic acid groups (broad SMARTS) is 1. The molecule has 1 aromatic rings. The quantitative estimate of drug-likeness (QED) is 0.759. The number of nitrogens with zero attached hydrogens (tertiary/aromatic N) is 1. The number of aliphatic carboxylic acids is 1. The van der Waals surface area contributed by atoms with Gasteiger partial charge in [0, 0.05) is 18.4 Å². The Kier molecular flexibility index (Phi) is 3.79. The summed E-state index contributed by atoms with van der Waals surface area (Å²) in [5.41, 5.74) is 1.10. The summed E-state index contributed by atoms with van der Waals surface area (Å²) in [6.45, 7) is 1.86. The molecule has 15 heavy (non-hydrogen) atoms. The predicted molar refractivity (Wildman–Crippen MR) is 53.6 cm³/mol. The zero-order valence-corrected chi connectivity index (χ0v) is 8.36. The third-order valence-corrected chi connectivity index (χ3v) is 1.88. The molecule has 0 saturated heterocycles. The minimum absolute atomic E-state index is 0.0783. The van der Waals surface area contributed by atoms with Gasteiger partial charge >= 0.3 is 5.97 Å². The molecule has 0 atom stereocenters. The van der Waals surface area contributed by atoms with Gasteiger partial charge in [0.15, 0.2) is 0 Å². The van der Waals surface area contributed by atoms with E-state index in [9.17, 15) is 9.59 Å². The summed E-state index contributed by atoms with van der Waals surface area (Å²) in [5.74, 6) is -1.22. The molecule has 80 valence electrons. The van der Waals surface area contributed by atoms with Crippen LogP contribution in [0.3, 0.4) is 0 Å². The fraction of sp³-hybridized carbons (Fsp3) is 0.300. The van der Waals surface area contributed by atoms with Crippen molar-refractivity contribution >= 4 is 11.9 Å². The summed E-state index contributed by atoms with van der Waals surface area (Å²) >= 11 is 0. The van der Waals surface area contributed by atoms with Crippen LogP contribution in [-0.4, -0.2) is 28.5 Å². The molecule has 0 fully saturated rings. The van der Waals surface area contributed by atoms with Crippen molar-refractivity contribution in [1.29, 1.82) is 0 Å². The first-order valence-electron chi connectivity index (χ1n) is 4.53. The van der Waals surface area contributed by atoms with Crippen LogP contribution in [0, 0.1) is 6.92 Å². The molecular formula is C10H12N2O3. The number of aryl methyl sites for hydroxylation is 1. The Labute approximate surface area is 87.1 Å². The van der Waals surface area contributed by atoms with Gasteiger partial charge in [0.25, 0.3) is 5.91 Å². The summed E-state index contributed by atoms with van der Waals surface area (Å²) < 4.78 is 0. The molecule has 1 amide bonds. The van der Waals surface area contributed by atoms with Crippen molar-refractivity contribution in [3.63, 3.8) is 0 Å². The smallest absolute Gasteiger partial charge is 0.305 e. The van der Waals surface area contributed by atoms with Gasteiger partial charge in [-0.25, -0.2) is 0 Å². The van der Waals surface area contributed by atoms with Crippen LogP contribution in [-0.2, 0) is 4.79 Å². The lowest BCUT2D eigenvalue weighted by atomic mass is 10.2. The third-order valence-electron chi connectivity index (χ3n) is 1.88. The number of pyridine rings is 1. The second-order valence-corrected chi connectivity index (χ2v) is 3.04. The van der Waals surface area contributed by atoms with Crippen LogP contribution in [0.5, 0.6) is 0 Å². The first kappa shape index (κ1) is 11.2. The van der Waals surface area contributed by atoms with Crippen molar-refractivity contribution in [3.8, 4) is 0 Å². The molecule has 0 aliphatic heterocycles. The van der Waals surface area contributed by atoms with Crippen LogP contribution in [0.1, 0.15) is 22.5 Å². The Balaban J connectivity index is 2.54. The number of aromatic nitrogens is 1. The summed E-state index contributed by atoms with van der Waals surface area (Å²) in [5, 5.41) is 10.9. The van der Waals surface area contributed by atoms with E-state index in [1.165, 1.54) is 0 Å². The highest BCUT2D eigenvalue weighted by Gasteiger charge is 2.08. The molecule has 0 aromatic carbocycles. The average Bonchev–Trinajstić information content (AvgIpc) is 2.17. The van der Waals surface area contributed by atoms with Gasteiger partial charge in [-0.1, -0.05) is 0 Å². The second-order valence-electron chi connectivity index (χ2n) is 3.04. The van der Waals surface area contributed by atoms with E-state index in [1.807, 2.05) is 0 Å². The standard InChI is InChI=1S/C10H12N2O3/c1-7-8(3-2-5-11-7)10(15)12-6-4-9(13)14/h2-3,5H,4,6H2,1H3,(H,12,15)(H,13,14). The molecule has 1 aromatic heterocycles. The van der Waals surface area contributed by atoms with Gasteiger partial charge in [-0.3, -0.25) is 14.6 Å². The van der Waals surface area contributed by atoms with Crippen LogP contribution < -0.4 is 5.32 Å². The highest BCUT2D eigenvalue weighted by atomic mass is 16.4. The SMILES string of the molecule is Cc1ncccc1C(=O)NCCC(=O)O. The number of hydrogen-bond acceptors (Lipinski definition) is 3. The molecule has 0 radical (unpaired) electrons. The van der Waals surface area contributed by atoms with E-state index in [2.05, 4.69) is 10.3 Å². The van der Waals surface area contributed by atoms with Gasteiger partial charge in [0.1, 0.15) is 0 Å². The largest absolute Gasteiger partial charge is 0.481 e. The van der Waals surface area contributed by atoms with Crippen LogP contribution in [0.15, 0.2) is 18.3 Å². The van der Waals surface area contributed by atoms with Crippen molar-refractivity contribution in [1.82, 2.24) is 10.3 Å². The third kappa shape index (κ3) is 3.38. The summed E-state index contributed by atoms with van der Waals surface area (Å²) in [6, 6.07) is 3.32. The van der Waals surface area contributed by atoms with Crippen molar-refractivity contribution < 1.29 is 14.7 Å². The zero-order chi connectivity index (χ0) is 11.3. The first-order valence-corrected chi connectivity index (χ1v) is 4.53. The second kappa shape index (κ2) is 5.09. The molecule has 1 heterocycles. The molecule has 1 rings (SSSR count). The van der Waals surface area contributed by atoms with Gasteiger partial charge in [0.2, 0.25) is 0 Å². The topological polar surface area (TPSA) is 79.3 Å². The minimum Gasteiger partial charge on any atom is -0.481 e. The fourth-order valence-electron chi connectivity index (χ4n) is 1.10. The Morgan fingerprint density at radius 3 is 2.87 bits per heavy atom. The highest BCUT2D eigenvalue weighted by Crippen LogP contribution is 2.02. The Morgan fingerprint density at radius 2 is 2.27 bits per heavy atom. The van der Waals surface area contributed by atoms with E-state index in [-0.39, 0.29) is 18.9 Å². The maximum absolute atomic E-state index is 11.5. The Bertz CT molecular complexity index is 377. The molecule has 2 N–H and O–H groups in total. The maximum atomic E-state index is 11.5. The minimum atomic E-state index is -0.932. The van der Waals surface area contributed by atoms with E-state index >= 15 is 0 Å². The van der Waals surface area contributed by atoms with Crippen LogP contribution in [0.4, 0.5) is 0 Å². The molecular weight excluding hydrogens is 196 g/mol. The predicted octanol–water partition coefficient (Wildman–Crippen LogP) is 0.595. The lowest BCUT2D eigenvalue weighted by Crippen LogP contribution is -2.26. The van der Waals surface area contributed by atoms with E-state index in [0.29, 0.717) is 11.3 Å². The molecule has 0 bridgehead atoms. The van der Waals surface area contributed by atoms with Crippen molar-refractivity contribution in [2.45, 2.75) is 13.3 Å². The van der Waals surface area contributed by atoms with E-state index < -0.39 is 5.97 Å². The van der Waals surface area contributed by atoms with Gasteiger partial charge in [0.05, 0.1) is 12.0 Å². The van der Waals surface area contributed by atoms with Gasteiger partial charge < -0.3 is 10.4 Å². The molecule has 0 spiro atoms. The Hall–Kier alpha value is -1.91. The lowest BCUT2D eigenvalue weighted by molar-refractivity contribution is -0.136.